The van der Waals surface area contributed by atoms with Gasteiger partial charge in [-0.15, -0.1) is 0 Å². The van der Waals surface area contributed by atoms with E-state index in [9.17, 15) is 0 Å². The number of nitriles is 1. The highest BCUT2D eigenvalue weighted by Gasteiger charge is 2.09. The molecular weight excluding hydrogens is 352 g/mol. The summed E-state index contributed by atoms with van der Waals surface area (Å²) in [7, 11) is 0. The van der Waals surface area contributed by atoms with Gasteiger partial charge in [0.1, 0.15) is 23.1 Å². The SMILES string of the molecule is N#Cc1cncc(Oc2ccc(Nc3n[nH]c4cccnc34)cc2Cl)c1. The van der Waals surface area contributed by atoms with Crippen molar-refractivity contribution >= 4 is 34.1 Å². The lowest BCUT2D eigenvalue weighted by molar-refractivity contribution is 0.480. The van der Waals surface area contributed by atoms with Crippen molar-refractivity contribution in [1.82, 2.24) is 20.2 Å². The van der Waals surface area contributed by atoms with Crippen molar-refractivity contribution in [3.05, 3.63) is 65.6 Å². The summed E-state index contributed by atoms with van der Waals surface area (Å²) in [5.41, 5.74) is 2.73. The predicted octanol–water partition coefficient (Wildman–Crippen LogP) is 4.41. The molecule has 0 atom stereocenters. The number of pyridine rings is 2. The number of ether oxygens (including phenoxy) is 1. The minimum absolute atomic E-state index is 0.408. The van der Waals surface area contributed by atoms with Crippen molar-refractivity contribution in [2.75, 3.05) is 5.32 Å². The Morgan fingerprint density at radius 3 is 2.96 bits per heavy atom. The van der Waals surface area contributed by atoms with Gasteiger partial charge >= 0.3 is 0 Å². The highest BCUT2D eigenvalue weighted by atomic mass is 35.5. The summed E-state index contributed by atoms with van der Waals surface area (Å²) in [4.78, 5) is 8.26. The maximum Gasteiger partial charge on any atom is 0.178 e. The summed E-state index contributed by atoms with van der Waals surface area (Å²) in [6.45, 7) is 0. The fraction of sp³-hybridized carbons (Fsp3) is 0. The molecule has 0 unspecified atom stereocenters. The van der Waals surface area contributed by atoms with Crippen molar-refractivity contribution in [3.63, 3.8) is 0 Å². The van der Waals surface area contributed by atoms with Gasteiger partial charge in [0.05, 0.1) is 22.3 Å². The van der Waals surface area contributed by atoms with Gasteiger partial charge in [0, 0.05) is 24.1 Å². The molecule has 8 heteroatoms. The number of nitrogens with zero attached hydrogens (tertiary/aromatic N) is 4. The predicted molar refractivity (Wildman–Crippen MR) is 97.6 cm³/mol. The molecule has 0 amide bonds. The quantitative estimate of drug-likeness (QED) is 0.557. The van der Waals surface area contributed by atoms with Crippen LogP contribution in [0.2, 0.25) is 5.02 Å². The Morgan fingerprint density at radius 1 is 1.19 bits per heavy atom. The standard InChI is InChI=1S/C18H11ClN6O/c19-14-7-12(23-18-17-15(24-25-18)2-1-5-22-17)3-4-16(14)26-13-6-11(8-20)9-21-10-13/h1-7,9-10H,(H2,23,24,25). The molecule has 0 saturated heterocycles. The first-order chi connectivity index (χ1) is 12.7. The summed E-state index contributed by atoms with van der Waals surface area (Å²) in [6.07, 6.45) is 4.69. The van der Waals surface area contributed by atoms with Gasteiger partial charge in [-0.3, -0.25) is 15.1 Å². The molecule has 0 aliphatic carbocycles. The summed E-state index contributed by atoms with van der Waals surface area (Å²) in [5, 5.41) is 19.6. The van der Waals surface area contributed by atoms with E-state index in [1.165, 1.54) is 12.4 Å². The second-order valence-corrected chi connectivity index (χ2v) is 5.77. The minimum Gasteiger partial charge on any atom is -0.454 e. The Balaban J connectivity index is 1.57. The van der Waals surface area contributed by atoms with Crippen LogP contribution in [0.5, 0.6) is 11.5 Å². The number of fused-ring (bicyclic) bond motifs is 1. The molecule has 0 saturated carbocycles. The molecule has 4 rings (SSSR count). The van der Waals surface area contributed by atoms with Crippen LogP contribution in [-0.4, -0.2) is 20.2 Å². The van der Waals surface area contributed by atoms with Gasteiger partial charge in [0.25, 0.3) is 0 Å². The highest BCUT2D eigenvalue weighted by molar-refractivity contribution is 6.32. The van der Waals surface area contributed by atoms with E-state index in [0.29, 0.717) is 27.9 Å². The van der Waals surface area contributed by atoms with E-state index in [4.69, 9.17) is 21.6 Å². The largest absolute Gasteiger partial charge is 0.454 e. The molecule has 0 aliphatic rings. The smallest absolute Gasteiger partial charge is 0.178 e. The molecule has 0 radical (unpaired) electrons. The molecule has 1 aromatic carbocycles. The number of halogens is 1. The average Bonchev–Trinajstić information content (AvgIpc) is 3.07. The normalized spacial score (nSPS) is 10.5. The number of anilines is 2. The molecule has 0 bridgehead atoms. The van der Waals surface area contributed by atoms with Gasteiger partial charge in [-0.05, 0) is 30.3 Å². The zero-order chi connectivity index (χ0) is 17.9. The summed E-state index contributed by atoms with van der Waals surface area (Å²) >= 11 is 6.32. The molecule has 3 heterocycles. The zero-order valence-electron chi connectivity index (χ0n) is 13.3. The highest BCUT2D eigenvalue weighted by Crippen LogP contribution is 2.33. The van der Waals surface area contributed by atoms with Gasteiger partial charge < -0.3 is 10.1 Å². The van der Waals surface area contributed by atoms with Gasteiger partial charge in [-0.25, -0.2) is 0 Å². The number of aromatic nitrogens is 4. The maximum atomic E-state index is 8.92. The van der Waals surface area contributed by atoms with E-state index in [-0.39, 0.29) is 0 Å². The van der Waals surface area contributed by atoms with Crippen LogP contribution < -0.4 is 10.1 Å². The van der Waals surface area contributed by atoms with Gasteiger partial charge in [-0.1, -0.05) is 11.6 Å². The molecule has 4 aromatic rings. The fourth-order valence-corrected chi connectivity index (χ4v) is 2.62. The Kier molecular flexibility index (Phi) is 4.09. The summed E-state index contributed by atoms with van der Waals surface area (Å²) in [6, 6.07) is 12.6. The lowest BCUT2D eigenvalue weighted by Crippen LogP contribution is -1.93. The van der Waals surface area contributed by atoms with Crippen LogP contribution in [-0.2, 0) is 0 Å². The third-order valence-electron chi connectivity index (χ3n) is 3.58. The third kappa shape index (κ3) is 3.14. The Bertz CT molecular complexity index is 1130. The minimum atomic E-state index is 0.408. The first-order valence-electron chi connectivity index (χ1n) is 7.61. The molecule has 2 N–H and O–H groups in total. The monoisotopic (exact) mass is 362 g/mol. The number of H-pyrrole nitrogens is 1. The Hall–Kier alpha value is -3.63. The van der Waals surface area contributed by atoms with Crippen LogP contribution >= 0.6 is 11.6 Å². The van der Waals surface area contributed by atoms with E-state index >= 15 is 0 Å². The lowest BCUT2D eigenvalue weighted by Gasteiger charge is -2.09. The van der Waals surface area contributed by atoms with Crippen molar-refractivity contribution in [1.29, 1.82) is 5.26 Å². The van der Waals surface area contributed by atoms with Crippen molar-refractivity contribution < 1.29 is 4.74 Å². The van der Waals surface area contributed by atoms with Crippen molar-refractivity contribution in [3.8, 4) is 17.6 Å². The first-order valence-corrected chi connectivity index (χ1v) is 7.99. The second kappa shape index (κ2) is 6.70. The zero-order valence-corrected chi connectivity index (χ0v) is 14.0. The number of hydrogen-bond donors (Lipinski definition) is 2. The van der Waals surface area contributed by atoms with Gasteiger partial charge in [0.2, 0.25) is 0 Å². The van der Waals surface area contributed by atoms with Crippen LogP contribution in [0.25, 0.3) is 11.0 Å². The van der Waals surface area contributed by atoms with Crippen LogP contribution in [0.3, 0.4) is 0 Å². The fourth-order valence-electron chi connectivity index (χ4n) is 2.40. The number of aromatic amines is 1. The maximum absolute atomic E-state index is 8.92. The van der Waals surface area contributed by atoms with Crippen molar-refractivity contribution in [2.24, 2.45) is 0 Å². The molecule has 0 spiro atoms. The van der Waals surface area contributed by atoms with E-state index in [0.717, 1.165) is 16.7 Å². The summed E-state index contributed by atoms with van der Waals surface area (Å²) < 4.78 is 5.70. The summed E-state index contributed by atoms with van der Waals surface area (Å²) in [5.74, 6) is 1.50. The number of benzene rings is 1. The van der Waals surface area contributed by atoms with Crippen LogP contribution in [0.15, 0.2) is 55.0 Å². The van der Waals surface area contributed by atoms with Crippen LogP contribution in [0, 0.1) is 11.3 Å². The van der Waals surface area contributed by atoms with E-state index in [1.54, 1.807) is 24.4 Å². The lowest BCUT2D eigenvalue weighted by atomic mass is 10.3. The molecule has 0 fully saturated rings. The number of nitrogens with one attached hydrogen (secondary N) is 2. The third-order valence-corrected chi connectivity index (χ3v) is 3.88. The molecule has 26 heavy (non-hydrogen) atoms. The second-order valence-electron chi connectivity index (χ2n) is 5.37. The number of rotatable bonds is 4. The molecular formula is C18H11ClN6O. The first kappa shape index (κ1) is 15.9. The van der Waals surface area contributed by atoms with Crippen LogP contribution in [0.1, 0.15) is 5.56 Å². The average molecular weight is 363 g/mol. The Morgan fingerprint density at radius 2 is 2.12 bits per heavy atom. The molecule has 3 aromatic heterocycles. The van der Waals surface area contributed by atoms with E-state index in [1.807, 2.05) is 24.3 Å². The molecule has 7 nitrogen and oxygen atoms in total. The van der Waals surface area contributed by atoms with Gasteiger partial charge in [-0.2, -0.15) is 10.4 Å². The van der Waals surface area contributed by atoms with E-state index < -0.39 is 0 Å². The molecule has 0 aliphatic heterocycles. The van der Waals surface area contributed by atoms with Gasteiger partial charge in [0.15, 0.2) is 5.82 Å². The number of hydrogen-bond acceptors (Lipinski definition) is 6. The topological polar surface area (TPSA) is 99.5 Å². The Labute approximate surface area is 153 Å². The molecule has 126 valence electrons. The van der Waals surface area contributed by atoms with Crippen LogP contribution in [0.4, 0.5) is 11.5 Å². The van der Waals surface area contributed by atoms with Crippen molar-refractivity contribution in [2.45, 2.75) is 0 Å². The van der Waals surface area contributed by atoms with E-state index in [2.05, 4.69) is 25.5 Å².